The fourth-order valence-corrected chi connectivity index (χ4v) is 4.27. The van der Waals surface area contributed by atoms with E-state index in [1.807, 2.05) is 35.7 Å². The molecule has 1 atom stereocenters. The molecule has 1 aliphatic carbocycles. The highest BCUT2D eigenvalue weighted by atomic mass is 19.1. The molecule has 5 heterocycles. The van der Waals surface area contributed by atoms with Crippen molar-refractivity contribution in [2.75, 3.05) is 11.9 Å². The van der Waals surface area contributed by atoms with Crippen molar-refractivity contribution < 1.29 is 13.9 Å². The molecule has 0 fully saturated rings. The van der Waals surface area contributed by atoms with Crippen LogP contribution in [-0.4, -0.2) is 41.0 Å². The molecule has 10 nitrogen and oxygen atoms in total. The lowest BCUT2D eigenvalue weighted by Gasteiger charge is -2.20. The molecule has 0 bridgehead atoms. The van der Waals surface area contributed by atoms with E-state index in [2.05, 4.69) is 30.6 Å². The van der Waals surface area contributed by atoms with Gasteiger partial charge in [0, 0.05) is 50.2 Å². The summed E-state index contributed by atoms with van der Waals surface area (Å²) in [5.74, 6) is 3.17. The molecule has 6 rings (SSSR count). The van der Waals surface area contributed by atoms with E-state index in [0.29, 0.717) is 60.4 Å². The quantitative estimate of drug-likeness (QED) is 0.453. The highest BCUT2D eigenvalue weighted by Gasteiger charge is 2.27. The molecule has 178 valence electrons. The summed E-state index contributed by atoms with van der Waals surface area (Å²) in [6.45, 7) is 2.20. The first-order valence-electron chi connectivity index (χ1n) is 11.4. The van der Waals surface area contributed by atoms with E-state index in [9.17, 15) is 4.39 Å². The van der Waals surface area contributed by atoms with Crippen LogP contribution in [0.4, 0.5) is 16.2 Å². The number of nitrogens with zero attached hydrogens (tertiary/aromatic N) is 7. The number of pyridine rings is 1. The minimum absolute atomic E-state index is 0.0901. The molecule has 0 saturated carbocycles. The summed E-state index contributed by atoms with van der Waals surface area (Å²) in [5, 5.41) is 16.1. The predicted octanol–water partition coefficient (Wildman–Crippen LogP) is 4.42. The molecule has 11 heteroatoms. The lowest BCUT2D eigenvalue weighted by atomic mass is 10.1. The smallest absolute Gasteiger partial charge is 0.228 e. The van der Waals surface area contributed by atoms with Crippen molar-refractivity contribution in [2.24, 2.45) is 7.05 Å². The largest absolute Gasteiger partial charge is 0.487 e. The van der Waals surface area contributed by atoms with Crippen molar-refractivity contribution in [3.8, 4) is 17.1 Å². The van der Waals surface area contributed by atoms with Gasteiger partial charge in [0.15, 0.2) is 17.6 Å². The van der Waals surface area contributed by atoms with Gasteiger partial charge in [-0.2, -0.15) is 5.10 Å². The zero-order valence-corrected chi connectivity index (χ0v) is 19.3. The Labute approximate surface area is 200 Å². The normalized spacial score (nSPS) is 17.7. The molecule has 0 saturated heterocycles. The zero-order chi connectivity index (χ0) is 23.9. The van der Waals surface area contributed by atoms with Crippen molar-refractivity contribution in [3.05, 3.63) is 65.7 Å². The van der Waals surface area contributed by atoms with Crippen molar-refractivity contribution in [3.63, 3.8) is 0 Å². The van der Waals surface area contributed by atoms with Crippen LogP contribution in [0.15, 0.2) is 59.9 Å². The molecule has 1 aliphatic heterocycles. The van der Waals surface area contributed by atoms with Gasteiger partial charge in [-0.15, -0.1) is 10.2 Å². The first-order valence-corrected chi connectivity index (χ1v) is 11.4. The zero-order valence-electron chi connectivity index (χ0n) is 19.3. The molecule has 0 aromatic carbocycles. The second-order valence-corrected chi connectivity index (χ2v) is 8.51. The van der Waals surface area contributed by atoms with Crippen LogP contribution < -0.4 is 10.1 Å². The van der Waals surface area contributed by atoms with E-state index in [0.717, 1.165) is 17.1 Å². The van der Waals surface area contributed by atoms with Gasteiger partial charge in [0.2, 0.25) is 11.8 Å². The van der Waals surface area contributed by atoms with Crippen LogP contribution in [0.25, 0.3) is 16.9 Å². The highest BCUT2D eigenvalue weighted by Crippen LogP contribution is 2.35. The first kappa shape index (κ1) is 21.3. The number of allylic oxidation sites excluding steroid dienone is 4. The van der Waals surface area contributed by atoms with Gasteiger partial charge in [-0.05, 0) is 30.7 Å². The van der Waals surface area contributed by atoms with Crippen LogP contribution in [0.3, 0.4) is 0 Å². The molecule has 1 N–H and O–H groups in total. The van der Waals surface area contributed by atoms with E-state index >= 15 is 0 Å². The van der Waals surface area contributed by atoms with Crippen LogP contribution in [0.1, 0.15) is 38.1 Å². The Kier molecular flexibility index (Phi) is 5.16. The maximum absolute atomic E-state index is 13.8. The average molecular weight is 475 g/mol. The van der Waals surface area contributed by atoms with Crippen molar-refractivity contribution in [1.82, 2.24) is 34.3 Å². The van der Waals surface area contributed by atoms with Crippen LogP contribution in [0.5, 0.6) is 5.88 Å². The van der Waals surface area contributed by atoms with Gasteiger partial charge in [-0.1, -0.05) is 0 Å². The van der Waals surface area contributed by atoms with Crippen LogP contribution >= 0.6 is 0 Å². The summed E-state index contributed by atoms with van der Waals surface area (Å²) < 4.78 is 29.6. The Morgan fingerprint density at radius 3 is 2.91 bits per heavy atom. The van der Waals surface area contributed by atoms with Gasteiger partial charge in [-0.25, -0.2) is 18.8 Å². The van der Waals surface area contributed by atoms with Crippen molar-refractivity contribution in [2.45, 2.75) is 32.3 Å². The van der Waals surface area contributed by atoms with Crippen molar-refractivity contribution >= 4 is 17.4 Å². The lowest BCUT2D eigenvalue weighted by molar-refractivity contribution is 0.0851. The summed E-state index contributed by atoms with van der Waals surface area (Å²) in [6.07, 6.45) is 6.29. The Bertz CT molecular complexity index is 1490. The summed E-state index contributed by atoms with van der Waals surface area (Å²) in [7, 11) is 1.84. The molecule has 0 radical (unpaired) electrons. The summed E-state index contributed by atoms with van der Waals surface area (Å²) in [4.78, 5) is 8.97. The maximum Gasteiger partial charge on any atom is 0.228 e. The van der Waals surface area contributed by atoms with Crippen LogP contribution in [0.2, 0.25) is 0 Å². The molecular weight excluding hydrogens is 451 g/mol. The molecular formula is C24H23FN8O2. The van der Waals surface area contributed by atoms with Gasteiger partial charge < -0.3 is 14.8 Å². The van der Waals surface area contributed by atoms with E-state index in [1.54, 1.807) is 30.1 Å². The van der Waals surface area contributed by atoms with Gasteiger partial charge in [0.05, 0.1) is 24.3 Å². The topological polar surface area (TPSA) is 104 Å². The third kappa shape index (κ3) is 3.98. The summed E-state index contributed by atoms with van der Waals surface area (Å²) in [6, 6.07) is 7.50. The second-order valence-electron chi connectivity index (χ2n) is 8.51. The lowest BCUT2D eigenvalue weighted by Crippen LogP contribution is -2.10. The van der Waals surface area contributed by atoms with E-state index in [4.69, 9.17) is 9.47 Å². The number of ether oxygens (including phenoxy) is 2. The number of aromatic nitrogens is 7. The Hall–Kier alpha value is -4.28. The molecule has 4 aromatic heterocycles. The van der Waals surface area contributed by atoms with Crippen LogP contribution in [0, 0.1) is 0 Å². The minimum Gasteiger partial charge on any atom is -0.487 e. The number of hydrogen-bond acceptors (Lipinski definition) is 8. The van der Waals surface area contributed by atoms with Crippen LogP contribution in [-0.2, 0) is 11.8 Å². The Morgan fingerprint density at radius 2 is 2.09 bits per heavy atom. The van der Waals surface area contributed by atoms with Gasteiger partial charge >= 0.3 is 0 Å². The summed E-state index contributed by atoms with van der Waals surface area (Å²) >= 11 is 0. The first-order chi connectivity index (χ1) is 17.0. The van der Waals surface area contributed by atoms with Gasteiger partial charge in [-0.3, -0.25) is 4.68 Å². The molecule has 4 aromatic rings. The Balaban J connectivity index is 1.32. The molecule has 1 unspecified atom stereocenters. The molecule has 0 amide bonds. The number of nitrogens with one attached hydrogen (secondary N) is 1. The number of hydrogen-bond donors (Lipinski definition) is 1. The SMILES string of the molecule is CC1=C(F)CCC(OC2CCOc3cc(-c4ccnc(Nc5ccnn5C)n4)cc4nnc2n34)=C1. The fraction of sp³-hybridized carbons (Fsp3) is 0.292. The predicted molar refractivity (Wildman–Crippen MR) is 126 cm³/mol. The maximum atomic E-state index is 13.8. The number of rotatable bonds is 5. The molecule has 0 spiro atoms. The number of anilines is 2. The monoisotopic (exact) mass is 474 g/mol. The standard InChI is InChI=1S/C24H23FN8O2/c1-14-11-16(3-4-17(14)25)35-19-7-10-34-22-13-15(12-21-30-31-23(19)33(21)22)18-5-8-26-24(28-18)29-20-6-9-27-32(20)2/h5-6,8-9,11-13,19H,3-4,7,10H2,1-2H3,(H,26,28,29). The molecule has 35 heavy (non-hydrogen) atoms. The minimum atomic E-state index is -0.342. The number of aryl methyl sites for hydroxylation is 1. The highest BCUT2D eigenvalue weighted by molar-refractivity contribution is 5.67. The Morgan fingerprint density at radius 1 is 1.17 bits per heavy atom. The third-order valence-electron chi connectivity index (χ3n) is 6.12. The number of halogens is 1. The third-order valence-corrected chi connectivity index (χ3v) is 6.12. The second kappa shape index (κ2) is 8.49. The van der Waals surface area contributed by atoms with E-state index in [-0.39, 0.29) is 11.9 Å². The van der Waals surface area contributed by atoms with E-state index in [1.165, 1.54) is 0 Å². The van der Waals surface area contributed by atoms with E-state index < -0.39 is 0 Å². The fourth-order valence-electron chi connectivity index (χ4n) is 4.27. The van der Waals surface area contributed by atoms with Crippen molar-refractivity contribution in [1.29, 1.82) is 0 Å². The molecule has 2 aliphatic rings. The average Bonchev–Trinajstić information content (AvgIpc) is 3.42. The van der Waals surface area contributed by atoms with Gasteiger partial charge in [0.25, 0.3) is 0 Å². The summed E-state index contributed by atoms with van der Waals surface area (Å²) in [5.41, 5.74) is 2.77. The van der Waals surface area contributed by atoms with Gasteiger partial charge in [0.1, 0.15) is 11.6 Å².